The molecular weight excluding hydrogens is 262 g/mol. The molecule has 1 aromatic heterocycles. The van der Waals surface area contributed by atoms with Crippen LogP contribution < -0.4 is 5.32 Å². The minimum absolute atomic E-state index is 0.314. The van der Waals surface area contributed by atoms with Crippen LogP contribution in [-0.4, -0.2) is 46.8 Å². The van der Waals surface area contributed by atoms with Crippen molar-refractivity contribution in [2.75, 3.05) is 19.7 Å². The van der Waals surface area contributed by atoms with E-state index in [1.54, 1.807) is 0 Å². The molecule has 1 aliphatic carbocycles. The largest absolute Gasteiger partial charge is 0.396 e. The highest BCUT2D eigenvalue weighted by molar-refractivity contribution is 5.08. The Morgan fingerprint density at radius 3 is 2.71 bits per heavy atom. The molecule has 1 saturated heterocycles. The Labute approximate surface area is 127 Å². The summed E-state index contributed by atoms with van der Waals surface area (Å²) in [5, 5.41) is 13.0. The molecule has 1 saturated carbocycles. The average molecular weight is 289 g/mol. The van der Waals surface area contributed by atoms with Crippen molar-refractivity contribution in [3.8, 4) is 0 Å². The molecule has 2 heterocycles. The second-order valence-corrected chi connectivity index (χ2v) is 6.53. The SMILES string of the molecule is OCCC(NC1CCN(Cc2cccnc2)CC1)C1CC1. The summed E-state index contributed by atoms with van der Waals surface area (Å²) >= 11 is 0. The Morgan fingerprint density at radius 2 is 2.10 bits per heavy atom. The van der Waals surface area contributed by atoms with E-state index in [4.69, 9.17) is 0 Å². The van der Waals surface area contributed by atoms with Gasteiger partial charge in [0, 0.05) is 37.6 Å². The summed E-state index contributed by atoms with van der Waals surface area (Å²) in [5.74, 6) is 0.825. The molecule has 4 heteroatoms. The number of nitrogens with zero attached hydrogens (tertiary/aromatic N) is 2. The number of aliphatic hydroxyl groups excluding tert-OH is 1. The normalized spacial score (nSPS) is 22.3. The molecule has 1 aliphatic heterocycles. The summed E-state index contributed by atoms with van der Waals surface area (Å²) in [6.07, 6.45) is 9.84. The number of hydrogen-bond acceptors (Lipinski definition) is 4. The first-order valence-corrected chi connectivity index (χ1v) is 8.33. The predicted octanol–water partition coefficient (Wildman–Crippen LogP) is 1.80. The number of pyridine rings is 1. The van der Waals surface area contributed by atoms with E-state index in [1.807, 2.05) is 18.5 Å². The lowest BCUT2D eigenvalue weighted by atomic mass is 10.0. The molecule has 1 aromatic rings. The van der Waals surface area contributed by atoms with Gasteiger partial charge in [-0.25, -0.2) is 0 Å². The molecule has 1 unspecified atom stereocenters. The van der Waals surface area contributed by atoms with Crippen molar-refractivity contribution in [1.82, 2.24) is 15.2 Å². The Hall–Kier alpha value is -0.970. The maximum absolute atomic E-state index is 9.19. The van der Waals surface area contributed by atoms with E-state index in [0.717, 1.165) is 32.0 Å². The summed E-state index contributed by atoms with van der Waals surface area (Å²) in [7, 11) is 0. The van der Waals surface area contributed by atoms with Crippen LogP contribution in [0, 0.1) is 5.92 Å². The third-order valence-electron chi connectivity index (χ3n) is 4.80. The first-order chi connectivity index (χ1) is 10.3. The van der Waals surface area contributed by atoms with Crippen LogP contribution in [0.1, 0.15) is 37.7 Å². The molecule has 2 fully saturated rings. The van der Waals surface area contributed by atoms with E-state index in [-0.39, 0.29) is 0 Å². The summed E-state index contributed by atoms with van der Waals surface area (Å²) in [5.41, 5.74) is 1.31. The number of likely N-dealkylation sites (tertiary alicyclic amines) is 1. The van der Waals surface area contributed by atoms with Gasteiger partial charge in [0.25, 0.3) is 0 Å². The predicted molar refractivity (Wildman–Crippen MR) is 83.9 cm³/mol. The quantitative estimate of drug-likeness (QED) is 0.803. The lowest BCUT2D eigenvalue weighted by Crippen LogP contribution is -2.47. The zero-order valence-electron chi connectivity index (χ0n) is 12.7. The molecule has 0 radical (unpaired) electrons. The van der Waals surface area contributed by atoms with E-state index in [9.17, 15) is 5.11 Å². The molecule has 116 valence electrons. The molecule has 0 spiro atoms. The Morgan fingerprint density at radius 1 is 1.29 bits per heavy atom. The fourth-order valence-electron chi connectivity index (χ4n) is 3.40. The van der Waals surface area contributed by atoms with Gasteiger partial charge in [-0.15, -0.1) is 0 Å². The second-order valence-electron chi connectivity index (χ2n) is 6.53. The van der Waals surface area contributed by atoms with Gasteiger partial charge < -0.3 is 10.4 Å². The van der Waals surface area contributed by atoms with Crippen LogP contribution in [0.5, 0.6) is 0 Å². The highest BCUT2D eigenvalue weighted by Crippen LogP contribution is 2.34. The Kier molecular flexibility index (Phi) is 5.22. The van der Waals surface area contributed by atoms with Crippen molar-refractivity contribution in [2.45, 2.75) is 50.7 Å². The van der Waals surface area contributed by atoms with Gasteiger partial charge in [0.05, 0.1) is 0 Å². The smallest absolute Gasteiger partial charge is 0.0445 e. The minimum atomic E-state index is 0.314. The van der Waals surface area contributed by atoms with Gasteiger partial charge in [-0.2, -0.15) is 0 Å². The van der Waals surface area contributed by atoms with Gasteiger partial charge in [0.2, 0.25) is 0 Å². The molecule has 1 atom stereocenters. The molecule has 3 rings (SSSR count). The summed E-state index contributed by atoms with van der Waals surface area (Å²) in [4.78, 5) is 6.71. The number of nitrogens with one attached hydrogen (secondary N) is 1. The highest BCUT2D eigenvalue weighted by atomic mass is 16.3. The van der Waals surface area contributed by atoms with Crippen molar-refractivity contribution in [3.05, 3.63) is 30.1 Å². The molecule has 2 aliphatic rings. The van der Waals surface area contributed by atoms with Crippen LogP contribution in [0.15, 0.2) is 24.5 Å². The van der Waals surface area contributed by atoms with E-state index in [1.165, 1.54) is 31.2 Å². The van der Waals surface area contributed by atoms with Crippen LogP contribution in [0.4, 0.5) is 0 Å². The maximum Gasteiger partial charge on any atom is 0.0445 e. The molecule has 0 bridgehead atoms. The van der Waals surface area contributed by atoms with E-state index < -0.39 is 0 Å². The van der Waals surface area contributed by atoms with Crippen LogP contribution in [0.25, 0.3) is 0 Å². The number of hydrogen-bond donors (Lipinski definition) is 2. The highest BCUT2D eigenvalue weighted by Gasteiger charge is 2.32. The standard InChI is InChI=1S/C17H27N3O/c21-11-7-17(15-3-4-15)19-16-5-9-20(10-6-16)13-14-2-1-8-18-12-14/h1-2,8,12,15-17,19,21H,3-7,9-11,13H2. The van der Waals surface area contributed by atoms with Gasteiger partial charge in [0.1, 0.15) is 0 Å². The van der Waals surface area contributed by atoms with Gasteiger partial charge in [0.15, 0.2) is 0 Å². The van der Waals surface area contributed by atoms with E-state index >= 15 is 0 Å². The van der Waals surface area contributed by atoms with Crippen LogP contribution in [0.3, 0.4) is 0 Å². The maximum atomic E-state index is 9.19. The summed E-state index contributed by atoms with van der Waals surface area (Å²) < 4.78 is 0. The molecule has 0 aromatic carbocycles. The number of rotatable bonds is 7. The van der Waals surface area contributed by atoms with Gasteiger partial charge in [-0.05, 0) is 62.7 Å². The Balaban J connectivity index is 1.42. The van der Waals surface area contributed by atoms with E-state index in [2.05, 4.69) is 21.3 Å². The van der Waals surface area contributed by atoms with Gasteiger partial charge in [-0.3, -0.25) is 9.88 Å². The lowest BCUT2D eigenvalue weighted by Gasteiger charge is -2.34. The average Bonchev–Trinajstić information content (AvgIpc) is 3.35. The minimum Gasteiger partial charge on any atom is -0.396 e. The van der Waals surface area contributed by atoms with Crippen LogP contribution in [-0.2, 0) is 6.54 Å². The van der Waals surface area contributed by atoms with Crippen molar-refractivity contribution in [1.29, 1.82) is 0 Å². The van der Waals surface area contributed by atoms with Crippen molar-refractivity contribution >= 4 is 0 Å². The number of aromatic nitrogens is 1. The summed E-state index contributed by atoms with van der Waals surface area (Å²) in [6.45, 7) is 3.64. The number of aliphatic hydroxyl groups is 1. The van der Waals surface area contributed by atoms with Crippen molar-refractivity contribution in [3.63, 3.8) is 0 Å². The fraction of sp³-hybridized carbons (Fsp3) is 0.706. The second kappa shape index (κ2) is 7.34. The molecule has 21 heavy (non-hydrogen) atoms. The van der Waals surface area contributed by atoms with Crippen LogP contribution in [0.2, 0.25) is 0 Å². The molecule has 2 N–H and O–H groups in total. The third kappa shape index (κ3) is 4.50. The zero-order valence-corrected chi connectivity index (χ0v) is 12.7. The van der Waals surface area contributed by atoms with Gasteiger partial charge in [-0.1, -0.05) is 6.07 Å². The molecule has 0 amide bonds. The molecular formula is C17H27N3O. The monoisotopic (exact) mass is 289 g/mol. The first kappa shape index (κ1) is 14.9. The lowest BCUT2D eigenvalue weighted by molar-refractivity contribution is 0.173. The van der Waals surface area contributed by atoms with Crippen molar-refractivity contribution in [2.24, 2.45) is 5.92 Å². The van der Waals surface area contributed by atoms with E-state index in [0.29, 0.717) is 18.7 Å². The van der Waals surface area contributed by atoms with Crippen molar-refractivity contribution < 1.29 is 5.11 Å². The number of piperidine rings is 1. The fourth-order valence-corrected chi connectivity index (χ4v) is 3.40. The van der Waals surface area contributed by atoms with Crippen LogP contribution >= 0.6 is 0 Å². The summed E-state index contributed by atoms with van der Waals surface area (Å²) in [6, 6.07) is 5.35. The Bertz CT molecular complexity index is 413. The first-order valence-electron chi connectivity index (χ1n) is 8.33. The molecule has 4 nitrogen and oxygen atoms in total. The van der Waals surface area contributed by atoms with Gasteiger partial charge >= 0.3 is 0 Å². The zero-order chi connectivity index (χ0) is 14.5. The third-order valence-corrected chi connectivity index (χ3v) is 4.80. The topological polar surface area (TPSA) is 48.4 Å².